The first-order valence-corrected chi connectivity index (χ1v) is 14.9. The molecular formula is C36H43N4O4+. The molecule has 0 spiro atoms. The van der Waals surface area contributed by atoms with Crippen molar-refractivity contribution in [1.82, 2.24) is 15.1 Å². The summed E-state index contributed by atoms with van der Waals surface area (Å²) in [4.78, 5) is 5.01. The number of methoxy groups -OCH3 is 4. The van der Waals surface area contributed by atoms with Crippen LogP contribution < -0.4 is 24.3 Å². The Morgan fingerprint density at radius 3 is 1.59 bits per heavy atom. The minimum Gasteiger partial charge on any atom is -0.497 e. The van der Waals surface area contributed by atoms with Crippen LogP contribution in [0, 0.1) is 0 Å². The van der Waals surface area contributed by atoms with Gasteiger partial charge in [-0.25, -0.2) is 9.48 Å². The minimum atomic E-state index is 0.0702. The van der Waals surface area contributed by atoms with Crippen molar-refractivity contribution in [3.05, 3.63) is 119 Å². The molecular weight excluding hydrogens is 552 g/mol. The molecule has 5 rings (SSSR count). The third-order valence-corrected chi connectivity index (χ3v) is 7.89. The van der Waals surface area contributed by atoms with Crippen molar-refractivity contribution in [3.63, 3.8) is 0 Å². The van der Waals surface area contributed by atoms with Crippen LogP contribution >= 0.6 is 0 Å². The Morgan fingerprint density at radius 1 is 0.636 bits per heavy atom. The number of hydrogen-bond donors (Lipinski definition) is 1. The molecule has 1 atom stereocenters. The summed E-state index contributed by atoms with van der Waals surface area (Å²) in [6, 6.07) is 33.3. The van der Waals surface area contributed by atoms with Crippen LogP contribution in [0.2, 0.25) is 0 Å². The molecule has 1 unspecified atom stereocenters. The van der Waals surface area contributed by atoms with Gasteiger partial charge in [-0.2, -0.15) is 0 Å². The zero-order valence-electron chi connectivity index (χ0n) is 26.1. The molecule has 0 amide bonds. The number of nitrogens with zero attached hydrogens (tertiary/aromatic N) is 3. The van der Waals surface area contributed by atoms with Crippen molar-refractivity contribution in [2.45, 2.75) is 32.3 Å². The Labute approximate surface area is 261 Å². The van der Waals surface area contributed by atoms with Gasteiger partial charge >= 0.3 is 0 Å². The minimum absolute atomic E-state index is 0.0702. The fourth-order valence-corrected chi connectivity index (χ4v) is 5.44. The third kappa shape index (κ3) is 8.38. The molecule has 8 heteroatoms. The summed E-state index contributed by atoms with van der Waals surface area (Å²) in [5.41, 5.74) is 4.92. The smallest absolute Gasteiger partial charge is 0.201 e. The van der Waals surface area contributed by atoms with Gasteiger partial charge < -0.3 is 24.3 Å². The number of nitrogens with one attached hydrogen (secondary N) is 1. The van der Waals surface area contributed by atoms with Crippen LogP contribution in [0.4, 0.5) is 0 Å². The van der Waals surface area contributed by atoms with Gasteiger partial charge in [-0.15, -0.1) is 0 Å². The topological polar surface area (TPSA) is 58.4 Å². The molecule has 4 aromatic rings. The normalized spacial score (nSPS) is 14.8. The van der Waals surface area contributed by atoms with Crippen LogP contribution in [0.15, 0.2) is 97.1 Å². The number of benzene rings is 4. The van der Waals surface area contributed by atoms with Crippen LogP contribution in [0.25, 0.3) is 0 Å². The number of hydrogen-bond acceptors (Lipinski definition) is 7. The van der Waals surface area contributed by atoms with E-state index in [0.717, 1.165) is 55.8 Å². The maximum Gasteiger partial charge on any atom is 0.201 e. The molecule has 0 fully saturated rings. The number of rotatable bonds is 15. The highest BCUT2D eigenvalue weighted by molar-refractivity contribution is 5.60. The first-order valence-electron chi connectivity index (χ1n) is 14.9. The quantitative estimate of drug-likeness (QED) is 0.147. The first-order chi connectivity index (χ1) is 21.6. The fourth-order valence-electron chi connectivity index (χ4n) is 5.44. The maximum absolute atomic E-state index is 5.42. The van der Waals surface area contributed by atoms with Gasteiger partial charge in [0.25, 0.3) is 0 Å². The Kier molecular flexibility index (Phi) is 10.9. The molecule has 1 aliphatic heterocycles. The van der Waals surface area contributed by atoms with Crippen molar-refractivity contribution in [2.24, 2.45) is 0 Å². The first kappa shape index (κ1) is 31.1. The van der Waals surface area contributed by atoms with E-state index in [1.165, 1.54) is 22.3 Å². The molecule has 8 nitrogen and oxygen atoms in total. The zero-order chi connectivity index (χ0) is 30.7. The molecule has 44 heavy (non-hydrogen) atoms. The van der Waals surface area contributed by atoms with Gasteiger partial charge in [-0.3, -0.25) is 4.90 Å². The van der Waals surface area contributed by atoms with E-state index >= 15 is 0 Å². The van der Waals surface area contributed by atoms with Crippen molar-refractivity contribution in [3.8, 4) is 23.0 Å². The lowest BCUT2D eigenvalue weighted by atomic mass is 10.2. The highest BCUT2D eigenvalue weighted by Crippen LogP contribution is 2.22. The molecule has 1 aliphatic rings. The molecule has 230 valence electrons. The van der Waals surface area contributed by atoms with Crippen molar-refractivity contribution >= 4 is 6.21 Å². The summed E-state index contributed by atoms with van der Waals surface area (Å²) in [6.07, 6.45) is 2.44. The fraction of sp³-hybridized carbons (Fsp3) is 0.306. The molecule has 0 aromatic heterocycles. The second kappa shape index (κ2) is 15.4. The highest BCUT2D eigenvalue weighted by Gasteiger charge is 2.35. The zero-order valence-corrected chi connectivity index (χ0v) is 26.1. The Bertz CT molecular complexity index is 1470. The van der Waals surface area contributed by atoms with E-state index in [0.29, 0.717) is 6.67 Å². The third-order valence-electron chi connectivity index (χ3n) is 7.89. The van der Waals surface area contributed by atoms with Crippen molar-refractivity contribution in [2.75, 3.05) is 41.8 Å². The Hall–Kier alpha value is -4.37. The molecule has 0 saturated carbocycles. The van der Waals surface area contributed by atoms with Crippen LogP contribution in [-0.4, -0.2) is 68.5 Å². The van der Waals surface area contributed by atoms with Gasteiger partial charge in [-0.1, -0.05) is 36.4 Å². The summed E-state index contributed by atoms with van der Waals surface area (Å²) in [7, 11) is 6.79. The van der Waals surface area contributed by atoms with E-state index in [1.54, 1.807) is 28.4 Å². The molecule has 0 radical (unpaired) electrons. The molecule has 0 saturated heterocycles. The predicted molar refractivity (Wildman–Crippen MR) is 173 cm³/mol. The monoisotopic (exact) mass is 595 g/mol. The van der Waals surface area contributed by atoms with E-state index in [1.807, 2.05) is 48.5 Å². The van der Waals surface area contributed by atoms with Gasteiger partial charge in [-0.05, 0) is 77.4 Å². The SMILES string of the molecule is COc1ccc(CNCN(Cc2ccc(OC)cc2)C2C=[N+](Cc3ccc(OC)cc3)CN2Cc2ccc(OC)cc2)cc1. The summed E-state index contributed by atoms with van der Waals surface area (Å²) in [6.45, 7) is 4.66. The lowest BCUT2D eigenvalue weighted by Crippen LogP contribution is -2.49. The predicted octanol–water partition coefficient (Wildman–Crippen LogP) is 5.35. The van der Waals surface area contributed by atoms with Crippen molar-refractivity contribution in [1.29, 1.82) is 0 Å². The van der Waals surface area contributed by atoms with Gasteiger partial charge in [0.05, 0.1) is 35.1 Å². The Morgan fingerprint density at radius 2 is 1.09 bits per heavy atom. The van der Waals surface area contributed by atoms with Crippen LogP contribution in [0.1, 0.15) is 22.3 Å². The number of ether oxygens (including phenoxy) is 4. The highest BCUT2D eigenvalue weighted by atomic mass is 16.5. The van der Waals surface area contributed by atoms with E-state index in [2.05, 4.69) is 74.4 Å². The van der Waals surface area contributed by atoms with Gasteiger partial charge in [0.2, 0.25) is 6.67 Å². The standard InChI is InChI=1S/C36H43N4O4/c1-41-32-13-5-28(6-14-32)21-37-26-39(23-30-9-17-34(43-3)18-10-30)36-25-38(22-29-7-15-33(42-2)16-8-29)27-40(36)24-31-11-19-35(44-4)20-12-31/h5-20,25,36-37H,21-24,26-27H2,1-4H3/q+1. The largest absolute Gasteiger partial charge is 0.497 e. The van der Waals surface area contributed by atoms with Crippen molar-refractivity contribution < 1.29 is 23.5 Å². The Balaban J connectivity index is 1.39. The van der Waals surface area contributed by atoms with Crippen LogP contribution in [-0.2, 0) is 26.2 Å². The van der Waals surface area contributed by atoms with Gasteiger partial charge in [0, 0.05) is 25.2 Å². The van der Waals surface area contributed by atoms with Gasteiger partial charge in [0.1, 0.15) is 29.2 Å². The van der Waals surface area contributed by atoms with E-state index in [9.17, 15) is 0 Å². The second-order valence-electron chi connectivity index (χ2n) is 10.9. The summed E-state index contributed by atoms with van der Waals surface area (Å²) in [5.74, 6) is 3.45. The summed E-state index contributed by atoms with van der Waals surface area (Å²) in [5, 5.41) is 3.70. The summed E-state index contributed by atoms with van der Waals surface area (Å²) < 4.78 is 23.9. The molecule has 1 N–H and O–H groups in total. The molecule has 4 aromatic carbocycles. The van der Waals surface area contributed by atoms with Crippen LogP contribution in [0.5, 0.6) is 23.0 Å². The summed E-state index contributed by atoms with van der Waals surface area (Å²) >= 11 is 0. The van der Waals surface area contributed by atoms with E-state index < -0.39 is 0 Å². The average molecular weight is 596 g/mol. The van der Waals surface area contributed by atoms with Crippen LogP contribution in [0.3, 0.4) is 0 Å². The maximum atomic E-state index is 5.42. The second-order valence-corrected chi connectivity index (χ2v) is 10.9. The van der Waals surface area contributed by atoms with Gasteiger partial charge in [0.15, 0.2) is 12.8 Å². The van der Waals surface area contributed by atoms with E-state index in [-0.39, 0.29) is 6.17 Å². The lowest BCUT2D eigenvalue weighted by molar-refractivity contribution is -0.548. The molecule has 0 aliphatic carbocycles. The molecule has 0 bridgehead atoms. The van der Waals surface area contributed by atoms with E-state index in [4.69, 9.17) is 18.9 Å². The molecule has 1 heterocycles. The lowest BCUT2D eigenvalue weighted by Gasteiger charge is -2.31. The average Bonchev–Trinajstić information content (AvgIpc) is 3.47.